The maximum absolute atomic E-state index is 14.0. The van der Waals surface area contributed by atoms with Gasteiger partial charge in [-0.2, -0.15) is 0 Å². The van der Waals surface area contributed by atoms with Gasteiger partial charge in [0.1, 0.15) is 11.4 Å². The van der Waals surface area contributed by atoms with E-state index in [9.17, 15) is 9.50 Å². The topological polar surface area (TPSA) is 23.5 Å². The highest BCUT2D eigenvalue weighted by atomic mass is 19.1. The van der Waals surface area contributed by atoms with E-state index in [1.54, 1.807) is 0 Å². The molecule has 0 amide bonds. The number of hydrogen-bond donors (Lipinski definition) is 1. The molecule has 1 heterocycles. The van der Waals surface area contributed by atoms with Crippen LogP contribution in [0, 0.1) is 19.7 Å². The minimum absolute atomic E-state index is 0.282. The van der Waals surface area contributed by atoms with Gasteiger partial charge in [0.15, 0.2) is 0 Å². The maximum Gasteiger partial charge on any atom is 0.129 e. The fraction of sp³-hybridized carbons (Fsp3) is 0.538. The number of halogens is 1. The van der Waals surface area contributed by atoms with E-state index in [1.807, 2.05) is 31.9 Å². The van der Waals surface area contributed by atoms with Crippen LogP contribution in [0.15, 0.2) is 12.1 Å². The van der Waals surface area contributed by atoms with Gasteiger partial charge in [0.05, 0.1) is 0 Å². The van der Waals surface area contributed by atoms with E-state index in [-0.39, 0.29) is 5.82 Å². The van der Waals surface area contributed by atoms with Crippen molar-refractivity contribution in [2.45, 2.75) is 25.9 Å². The Morgan fingerprint density at radius 2 is 2.06 bits per heavy atom. The molecule has 2 rings (SSSR count). The third-order valence-electron chi connectivity index (χ3n) is 3.34. The summed E-state index contributed by atoms with van der Waals surface area (Å²) in [6.07, 6.45) is 0.602. The molecule has 0 radical (unpaired) electrons. The van der Waals surface area contributed by atoms with Crippen LogP contribution in [0.1, 0.15) is 23.1 Å². The zero-order valence-electron chi connectivity index (χ0n) is 10.0. The Kier molecular flexibility index (Phi) is 2.76. The lowest BCUT2D eigenvalue weighted by molar-refractivity contribution is 0.0446. The summed E-state index contributed by atoms with van der Waals surface area (Å²) >= 11 is 0. The molecule has 0 spiro atoms. The van der Waals surface area contributed by atoms with Crippen LogP contribution in [0.2, 0.25) is 0 Å². The molecular formula is C13H18FNO. The van der Waals surface area contributed by atoms with Crippen molar-refractivity contribution in [3.63, 3.8) is 0 Å². The van der Waals surface area contributed by atoms with E-state index in [2.05, 4.69) is 0 Å². The lowest BCUT2D eigenvalue weighted by atomic mass is 9.88. The first-order valence-corrected chi connectivity index (χ1v) is 5.60. The molecule has 1 aliphatic heterocycles. The van der Waals surface area contributed by atoms with Crippen LogP contribution in [0.25, 0.3) is 0 Å². The minimum Gasteiger partial charge on any atom is -0.384 e. The van der Waals surface area contributed by atoms with Crippen molar-refractivity contribution in [3.05, 3.63) is 34.6 Å². The van der Waals surface area contributed by atoms with E-state index in [1.165, 1.54) is 6.07 Å². The zero-order chi connectivity index (χ0) is 11.9. The Morgan fingerprint density at radius 1 is 1.38 bits per heavy atom. The van der Waals surface area contributed by atoms with E-state index >= 15 is 0 Å². The lowest BCUT2D eigenvalue weighted by Crippen LogP contribution is -2.31. The third kappa shape index (κ3) is 1.85. The average Bonchev–Trinajstić information content (AvgIpc) is 2.44. The summed E-state index contributed by atoms with van der Waals surface area (Å²) < 4.78 is 14.0. The second-order valence-electron chi connectivity index (χ2n) is 4.96. The Labute approximate surface area is 95.7 Å². The molecule has 0 saturated carbocycles. The lowest BCUT2D eigenvalue weighted by Gasteiger charge is -2.25. The molecule has 1 aliphatic rings. The number of likely N-dealkylation sites (tertiary alicyclic amines) is 1. The van der Waals surface area contributed by atoms with Gasteiger partial charge in [0.25, 0.3) is 0 Å². The van der Waals surface area contributed by atoms with E-state index < -0.39 is 5.60 Å². The average molecular weight is 223 g/mol. The molecular weight excluding hydrogens is 205 g/mol. The molecule has 16 heavy (non-hydrogen) atoms. The smallest absolute Gasteiger partial charge is 0.129 e. The fourth-order valence-corrected chi connectivity index (χ4v) is 2.69. The number of aliphatic hydroxyl groups is 1. The molecule has 0 aliphatic carbocycles. The zero-order valence-corrected chi connectivity index (χ0v) is 10.0. The van der Waals surface area contributed by atoms with Crippen molar-refractivity contribution in [1.82, 2.24) is 4.90 Å². The van der Waals surface area contributed by atoms with Crippen LogP contribution in [0.4, 0.5) is 4.39 Å². The first kappa shape index (κ1) is 11.6. The molecule has 1 fully saturated rings. The van der Waals surface area contributed by atoms with Gasteiger partial charge in [0, 0.05) is 18.7 Å². The third-order valence-corrected chi connectivity index (χ3v) is 3.34. The van der Waals surface area contributed by atoms with Crippen LogP contribution >= 0.6 is 0 Å². The van der Waals surface area contributed by atoms with Gasteiger partial charge in [-0.3, -0.25) is 0 Å². The predicted molar refractivity (Wildman–Crippen MR) is 61.9 cm³/mol. The molecule has 1 aromatic rings. The van der Waals surface area contributed by atoms with Crippen LogP contribution in [-0.4, -0.2) is 30.1 Å². The molecule has 1 N–H and O–H groups in total. The first-order valence-electron chi connectivity index (χ1n) is 5.60. The fourth-order valence-electron chi connectivity index (χ4n) is 2.69. The quantitative estimate of drug-likeness (QED) is 0.786. The number of nitrogens with zero attached hydrogens (tertiary/aromatic N) is 1. The maximum atomic E-state index is 14.0. The standard InChI is InChI=1S/C13H18FNO/c1-9-6-10(2)12(11(14)7-9)13(16)4-5-15(3)8-13/h6-7,16H,4-5,8H2,1-3H3. The number of benzene rings is 1. The highest BCUT2D eigenvalue weighted by molar-refractivity contribution is 5.37. The van der Waals surface area contributed by atoms with Crippen LogP contribution in [-0.2, 0) is 5.60 Å². The Hall–Kier alpha value is -0.930. The Morgan fingerprint density at radius 3 is 2.56 bits per heavy atom. The van der Waals surface area contributed by atoms with Crippen molar-refractivity contribution in [3.8, 4) is 0 Å². The molecule has 88 valence electrons. The Balaban J connectivity index is 2.48. The minimum atomic E-state index is -1.02. The number of β-amino-alcohol motifs (C(OH)–C–C–N with tert-alkyl or cyclic N) is 1. The monoisotopic (exact) mass is 223 g/mol. The van der Waals surface area contributed by atoms with Crippen molar-refractivity contribution in [2.75, 3.05) is 20.1 Å². The van der Waals surface area contributed by atoms with Crippen molar-refractivity contribution in [2.24, 2.45) is 0 Å². The number of aryl methyl sites for hydroxylation is 2. The van der Waals surface area contributed by atoms with Gasteiger partial charge in [-0.15, -0.1) is 0 Å². The van der Waals surface area contributed by atoms with Crippen molar-refractivity contribution in [1.29, 1.82) is 0 Å². The number of likely N-dealkylation sites (N-methyl/N-ethyl adjacent to an activating group) is 1. The molecule has 3 heteroatoms. The summed E-state index contributed by atoms with van der Waals surface area (Å²) in [4.78, 5) is 2.03. The van der Waals surface area contributed by atoms with Crippen LogP contribution in [0.3, 0.4) is 0 Å². The number of rotatable bonds is 1. The molecule has 0 aromatic heterocycles. The van der Waals surface area contributed by atoms with E-state index in [0.717, 1.165) is 17.7 Å². The normalized spacial score (nSPS) is 26.3. The van der Waals surface area contributed by atoms with Gasteiger partial charge in [0.2, 0.25) is 0 Å². The summed E-state index contributed by atoms with van der Waals surface area (Å²) in [6.45, 7) is 5.05. The molecule has 1 aromatic carbocycles. The highest BCUT2D eigenvalue weighted by Crippen LogP contribution is 2.35. The van der Waals surface area contributed by atoms with Gasteiger partial charge in [-0.05, 0) is 44.5 Å². The number of hydrogen-bond acceptors (Lipinski definition) is 2. The highest BCUT2D eigenvalue weighted by Gasteiger charge is 2.39. The summed E-state index contributed by atoms with van der Waals surface area (Å²) in [6, 6.07) is 3.42. The second-order valence-corrected chi connectivity index (χ2v) is 4.96. The van der Waals surface area contributed by atoms with E-state index in [4.69, 9.17) is 0 Å². The Bertz CT molecular complexity index is 395. The molecule has 1 saturated heterocycles. The van der Waals surface area contributed by atoms with Crippen molar-refractivity contribution >= 4 is 0 Å². The predicted octanol–water partition coefficient (Wildman–Crippen LogP) is 1.97. The largest absolute Gasteiger partial charge is 0.384 e. The molecule has 1 atom stereocenters. The summed E-state index contributed by atoms with van der Waals surface area (Å²) in [7, 11) is 1.94. The van der Waals surface area contributed by atoms with Gasteiger partial charge in [-0.25, -0.2) is 4.39 Å². The van der Waals surface area contributed by atoms with Gasteiger partial charge >= 0.3 is 0 Å². The van der Waals surface area contributed by atoms with Crippen LogP contribution < -0.4 is 0 Å². The van der Waals surface area contributed by atoms with E-state index in [0.29, 0.717) is 18.5 Å². The molecule has 1 unspecified atom stereocenters. The SMILES string of the molecule is Cc1cc(C)c(C2(O)CCN(C)C2)c(F)c1. The van der Waals surface area contributed by atoms with Crippen molar-refractivity contribution < 1.29 is 9.50 Å². The van der Waals surface area contributed by atoms with Crippen LogP contribution in [0.5, 0.6) is 0 Å². The summed E-state index contributed by atoms with van der Waals surface area (Å²) in [5, 5.41) is 10.5. The first-order chi connectivity index (χ1) is 7.42. The molecule has 2 nitrogen and oxygen atoms in total. The van der Waals surface area contributed by atoms with Gasteiger partial charge in [-0.1, -0.05) is 6.07 Å². The molecule has 0 bridgehead atoms. The second kappa shape index (κ2) is 3.82. The summed E-state index contributed by atoms with van der Waals surface area (Å²) in [5.41, 5.74) is 1.20. The van der Waals surface area contributed by atoms with Gasteiger partial charge < -0.3 is 10.0 Å². The summed E-state index contributed by atoms with van der Waals surface area (Å²) in [5.74, 6) is -0.282.